The number of hydrogen-bond acceptors (Lipinski definition) is 7. The molecule has 1 atom stereocenters. The Morgan fingerprint density at radius 3 is 2.42 bits per heavy atom. The third kappa shape index (κ3) is 5.46. The highest BCUT2D eigenvalue weighted by atomic mass is 32.2. The number of para-hydroxylation sites is 1. The van der Waals surface area contributed by atoms with E-state index in [4.69, 9.17) is 4.74 Å². The molecule has 3 rings (SSSR count). The summed E-state index contributed by atoms with van der Waals surface area (Å²) in [6.07, 6.45) is 0. The summed E-state index contributed by atoms with van der Waals surface area (Å²) >= 11 is 2.87. The van der Waals surface area contributed by atoms with Crippen molar-refractivity contribution in [1.82, 2.24) is 19.7 Å². The summed E-state index contributed by atoms with van der Waals surface area (Å²) in [4.78, 5) is 18.1. The second-order valence-electron chi connectivity index (χ2n) is 7.78. The number of hydrogen-bond donors (Lipinski definition) is 1. The van der Waals surface area contributed by atoms with E-state index in [0.29, 0.717) is 16.9 Å². The van der Waals surface area contributed by atoms with Gasteiger partial charge >= 0.3 is 0 Å². The number of carbonyl (C=O) groups excluding carboxylic acids is 1. The number of nitrogens with zero attached hydrogens (tertiary/aromatic N) is 4. The lowest BCUT2D eigenvalue weighted by atomic mass is 10.1. The van der Waals surface area contributed by atoms with E-state index in [-0.39, 0.29) is 17.2 Å². The molecule has 31 heavy (non-hydrogen) atoms. The minimum absolute atomic E-state index is 0.106. The summed E-state index contributed by atoms with van der Waals surface area (Å²) < 4.78 is 8.11. The number of carbonyl (C=O) groups is 1. The van der Waals surface area contributed by atoms with Crippen LogP contribution >= 0.6 is 23.1 Å². The van der Waals surface area contributed by atoms with Gasteiger partial charge in [0.25, 0.3) is 0 Å². The summed E-state index contributed by atoms with van der Waals surface area (Å²) in [5.41, 5.74) is 3.11. The van der Waals surface area contributed by atoms with E-state index >= 15 is 0 Å². The van der Waals surface area contributed by atoms with E-state index in [9.17, 15) is 4.79 Å². The van der Waals surface area contributed by atoms with Crippen molar-refractivity contribution in [2.24, 2.45) is 0 Å². The van der Waals surface area contributed by atoms with Crippen LogP contribution in [0.4, 0.5) is 5.13 Å². The maximum absolute atomic E-state index is 12.7. The average Bonchev–Trinajstić information content (AvgIpc) is 3.23. The topological polar surface area (TPSA) is 81.9 Å². The molecule has 2 aromatic heterocycles. The third-order valence-electron chi connectivity index (χ3n) is 4.92. The van der Waals surface area contributed by atoms with Gasteiger partial charge in [0.05, 0.1) is 10.9 Å². The fraction of sp³-hybridized carbons (Fsp3) is 0.455. The van der Waals surface area contributed by atoms with Crippen molar-refractivity contribution in [3.8, 4) is 5.75 Å². The molecular weight excluding hydrogens is 430 g/mol. The molecule has 0 aliphatic rings. The van der Waals surface area contributed by atoms with Crippen LogP contribution in [0.3, 0.4) is 0 Å². The van der Waals surface area contributed by atoms with Crippen molar-refractivity contribution in [2.45, 2.75) is 71.5 Å². The SMILES string of the molecule is Cc1cccc(C)c1OCc1nnc(SC(C)C(=O)Nc2nc(C)c(C)s2)n1C(C)C. The highest BCUT2D eigenvalue weighted by Crippen LogP contribution is 2.29. The summed E-state index contributed by atoms with van der Waals surface area (Å²) in [6.45, 7) is 14.3. The monoisotopic (exact) mass is 459 g/mol. The zero-order chi connectivity index (χ0) is 22.7. The standard InChI is InChI=1S/C22H29N5O2S2/c1-12(2)27-18(11-29-19-13(3)9-8-10-14(19)4)25-26-22(27)31-17(7)20(28)24-21-23-15(5)16(6)30-21/h8-10,12,17H,11H2,1-7H3,(H,23,24,28). The smallest absolute Gasteiger partial charge is 0.239 e. The van der Waals surface area contributed by atoms with Gasteiger partial charge in [-0.15, -0.1) is 21.5 Å². The van der Waals surface area contributed by atoms with Gasteiger partial charge in [0, 0.05) is 10.9 Å². The number of thiazole rings is 1. The van der Waals surface area contributed by atoms with Crippen LogP contribution in [0.1, 0.15) is 54.3 Å². The van der Waals surface area contributed by atoms with E-state index in [2.05, 4.69) is 34.3 Å². The molecule has 166 valence electrons. The first-order chi connectivity index (χ1) is 14.7. The largest absolute Gasteiger partial charge is 0.485 e. The van der Waals surface area contributed by atoms with Crippen LogP contribution < -0.4 is 10.1 Å². The quantitative estimate of drug-likeness (QED) is 0.464. The van der Waals surface area contributed by atoms with Crippen molar-refractivity contribution in [2.75, 3.05) is 5.32 Å². The van der Waals surface area contributed by atoms with Gasteiger partial charge in [-0.25, -0.2) is 4.98 Å². The predicted octanol–water partition coefficient (Wildman–Crippen LogP) is 5.25. The molecule has 0 saturated carbocycles. The first-order valence-electron chi connectivity index (χ1n) is 10.2. The molecule has 3 aromatic rings. The number of nitrogens with one attached hydrogen (secondary N) is 1. The van der Waals surface area contributed by atoms with Crippen molar-refractivity contribution >= 4 is 34.1 Å². The Balaban J connectivity index is 1.71. The van der Waals surface area contributed by atoms with Crippen LogP contribution in [0.15, 0.2) is 23.4 Å². The second kappa shape index (κ2) is 9.82. The van der Waals surface area contributed by atoms with E-state index < -0.39 is 0 Å². The number of amides is 1. The molecule has 2 heterocycles. The van der Waals surface area contributed by atoms with Gasteiger partial charge < -0.3 is 14.6 Å². The van der Waals surface area contributed by atoms with Gasteiger partial charge in [0.1, 0.15) is 12.4 Å². The number of thioether (sulfide) groups is 1. The van der Waals surface area contributed by atoms with Crippen molar-refractivity contribution in [3.05, 3.63) is 45.7 Å². The zero-order valence-electron chi connectivity index (χ0n) is 19.0. The lowest BCUT2D eigenvalue weighted by Crippen LogP contribution is -2.23. The van der Waals surface area contributed by atoms with Crippen LogP contribution in [0, 0.1) is 27.7 Å². The Morgan fingerprint density at radius 1 is 1.16 bits per heavy atom. The third-order valence-corrected chi connectivity index (χ3v) is 6.96. The Hall–Kier alpha value is -2.39. The van der Waals surface area contributed by atoms with E-state index in [1.165, 1.54) is 23.1 Å². The number of rotatable bonds is 8. The average molecular weight is 460 g/mol. The fourth-order valence-corrected chi connectivity index (χ4v) is 4.93. The van der Waals surface area contributed by atoms with Gasteiger partial charge in [-0.2, -0.15) is 0 Å². The highest BCUT2D eigenvalue weighted by molar-refractivity contribution is 8.00. The number of ether oxygens (including phenoxy) is 1. The van der Waals surface area contributed by atoms with Crippen LogP contribution in [0.25, 0.3) is 0 Å². The minimum atomic E-state index is -0.349. The van der Waals surface area contributed by atoms with Crippen LogP contribution in [0.5, 0.6) is 5.75 Å². The second-order valence-corrected chi connectivity index (χ2v) is 10.3. The summed E-state index contributed by atoms with van der Waals surface area (Å²) in [7, 11) is 0. The molecule has 7 nitrogen and oxygen atoms in total. The van der Waals surface area contributed by atoms with E-state index in [1.807, 2.05) is 57.4 Å². The maximum atomic E-state index is 12.7. The summed E-state index contributed by atoms with van der Waals surface area (Å²) in [5, 5.41) is 12.6. The molecule has 9 heteroatoms. The van der Waals surface area contributed by atoms with Crippen LogP contribution in [0.2, 0.25) is 0 Å². The molecule has 0 saturated heterocycles. The lowest BCUT2D eigenvalue weighted by molar-refractivity contribution is -0.115. The van der Waals surface area contributed by atoms with Gasteiger partial charge in [0.2, 0.25) is 5.91 Å². The van der Waals surface area contributed by atoms with E-state index in [1.54, 1.807) is 0 Å². The first kappa shape index (κ1) is 23.3. The first-order valence-corrected chi connectivity index (χ1v) is 11.9. The molecular formula is C22H29N5O2S2. The molecule has 0 aliphatic heterocycles. The molecule has 0 radical (unpaired) electrons. The summed E-state index contributed by atoms with van der Waals surface area (Å²) in [5.74, 6) is 1.50. The molecule has 1 unspecified atom stereocenters. The molecule has 0 bridgehead atoms. The number of benzene rings is 1. The molecule has 1 amide bonds. The van der Waals surface area contributed by atoms with Crippen LogP contribution in [-0.2, 0) is 11.4 Å². The fourth-order valence-electron chi connectivity index (χ4n) is 3.11. The maximum Gasteiger partial charge on any atom is 0.239 e. The molecule has 0 fully saturated rings. The van der Waals surface area contributed by atoms with Crippen molar-refractivity contribution in [1.29, 1.82) is 0 Å². The molecule has 1 aromatic carbocycles. The van der Waals surface area contributed by atoms with Gasteiger partial charge in [-0.05, 0) is 59.6 Å². The molecule has 0 aliphatic carbocycles. The number of aromatic nitrogens is 4. The Labute approximate surface area is 191 Å². The van der Waals surface area contributed by atoms with Crippen molar-refractivity contribution < 1.29 is 9.53 Å². The van der Waals surface area contributed by atoms with Gasteiger partial charge in [-0.1, -0.05) is 30.0 Å². The minimum Gasteiger partial charge on any atom is -0.485 e. The van der Waals surface area contributed by atoms with E-state index in [0.717, 1.165) is 33.3 Å². The highest BCUT2D eigenvalue weighted by Gasteiger charge is 2.23. The van der Waals surface area contributed by atoms with Crippen LogP contribution in [-0.4, -0.2) is 30.9 Å². The Kier molecular flexibility index (Phi) is 7.38. The summed E-state index contributed by atoms with van der Waals surface area (Å²) in [6, 6.07) is 6.21. The number of anilines is 1. The Morgan fingerprint density at radius 2 is 1.84 bits per heavy atom. The van der Waals surface area contributed by atoms with Gasteiger partial charge in [-0.3, -0.25) is 4.79 Å². The lowest BCUT2D eigenvalue weighted by Gasteiger charge is -2.17. The molecule has 0 spiro atoms. The molecule has 1 N–H and O–H groups in total. The zero-order valence-corrected chi connectivity index (χ0v) is 20.6. The Bertz CT molecular complexity index is 1030. The normalized spacial score (nSPS) is 12.3. The van der Waals surface area contributed by atoms with Gasteiger partial charge in [0.15, 0.2) is 16.1 Å². The number of aryl methyl sites for hydroxylation is 4. The van der Waals surface area contributed by atoms with Crippen molar-refractivity contribution in [3.63, 3.8) is 0 Å². The predicted molar refractivity (Wildman–Crippen MR) is 126 cm³/mol.